The van der Waals surface area contributed by atoms with Crippen molar-refractivity contribution in [1.82, 2.24) is 4.98 Å². The molecule has 3 aliphatic rings. The number of halogens is 3. The second-order valence-corrected chi connectivity index (χ2v) is 12.7. The van der Waals surface area contributed by atoms with Gasteiger partial charge in [-0.3, -0.25) is 4.98 Å². The molecule has 19 heteroatoms. The third kappa shape index (κ3) is 7.69. The highest BCUT2D eigenvalue weighted by molar-refractivity contribution is 7.99. The zero-order chi connectivity index (χ0) is 34.2. The van der Waals surface area contributed by atoms with E-state index in [1.165, 1.54) is 12.3 Å². The minimum Gasteiger partial charge on any atom is -0.394 e. The summed E-state index contributed by atoms with van der Waals surface area (Å²) < 4.78 is 68.7. The molecule has 2 aliphatic heterocycles. The van der Waals surface area contributed by atoms with Crippen LogP contribution in [0.15, 0.2) is 35.4 Å². The number of nitrogens with zero attached hydrogens (tertiary/aromatic N) is 1. The van der Waals surface area contributed by atoms with Crippen LogP contribution in [0, 0.1) is 0 Å². The Bertz CT molecular complexity index is 1350. The summed E-state index contributed by atoms with van der Waals surface area (Å²) in [6.45, 7) is -0.804. The Kier molecular flexibility index (Phi) is 11.6. The van der Waals surface area contributed by atoms with Gasteiger partial charge in [-0.15, -0.1) is 0 Å². The maximum atomic E-state index is 13.2. The van der Waals surface area contributed by atoms with Crippen LogP contribution in [0.3, 0.4) is 0 Å². The Morgan fingerprint density at radius 2 is 1.57 bits per heavy atom. The predicted octanol–water partition coefficient (Wildman–Crippen LogP) is -2.31. The second kappa shape index (κ2) is 15.0. The summed E-state index contributed by atoms with van der Waals surface area (Å²) >= 11 is 1.16. The summed E-state index contributed by atoms with van der Waals surface area (Å²) in [6, 6.07) is 2.06. The average molecular weight is 696 g/mol. The molecule has 3 fully saturated rings. The van der Waals surface area contributed by atoms with Crippen LogP contribution in [0.4, 0.5) is 13.2 Å². The van der Waals surface area contributed by atoms with Gasteiger partial charge in [0.25, 0.3) is 0 Å². The number of hydrogen-bond acceptors (Lipinski definition) is 16. The van der Waals surface area contributed by atoms with Gasteiger partial charge in [0.15, 0.2) is 12.6 Å². The van der Waals surface area contributed by atoms with Gasteiger partial charge in [0, 0.05) is 35.1 Å². The van der Waals surface area contributed by atoms with E-state index in [4.69, 9.17) is 46.6 Å². The van der Waals surface area contributed by atoms with Gasteiger partial charge in [-0.05, 0) is 24.6 Å². The molecule has 5 rings (SSSR count). The largest absolute Gasteiger partial charge is 0.416 e. The van der Waals surface area contributed by atoms with Crippen LogP contribution < -0.4 is 22.9 Å². The van der Waals surface area contributed by atoms with E-state index in [9.17, 15) is 38.7 Å². The average Bonchev–Trinajstić information content (AvgIpc) is 3.33. The number of pyridine rings is 1. The Morgan fingerprint density at radius 1 is 0.872 bits per heavy atom. The number of benzene rings is 1. The molecule has 15 nitrogen and oxygen atoms in total. The van der Waals surface area contributed by atoms with Crippen LogP contribution in [0.5, 0.6) is 0 Å². The van der Waals surface area contributed by atoms with Crippen molar-refractivity contribution in [3.63, 3.8) is 0 Å². The summed E-state index contributed by atoms with van der Waals surface area (Å²) in [4.78, 5) is 4.63. The monoisotopic (exact) mass is 695 g/mol. The first-order chi connectivity index (χ1) is 22.2. The van der Waals surface area contributed by atoms with Crippen LogP contribution in [-0.4, -0.2) is 135 Å². The normalized spacial score (nSPS) is 39.8. The molecule has 1 aromatic carbocycles. The minimum absolute atomic E-state index is 0.0627. The van der Waals surface area contributed by atoms with E-state index in [1.54, 1.807) is 6.07 Å². The SMILES string of the molecule is NC[C@@H]1O[C@H](O[C@H]2[C@@H](O)[C@H](O[C@@H]3[C@@H](O)[C@H](N)C[C@H](N)[C@H]3OCSc3ccnc4cc(C(F)(F)F)ccc34)O[C@@H]2CO)[C@H](N)[C@@H](O)[C@@H]1O. The van der Waals surface area contributed by atoms with E-state index in [1.807, 2.05) is 0 Å². The number of alkyl halides is 3. The zero-order valence-electron chi connectivity index (χ0n) is 24.9. The van der Waals surface area contributed by atoms with E-state index in [0.29, 0.717) is 10.3 Å². The Balaban J connectivity index is 1.27. The quantitative estimate of drug-likeness (QED) is 0.0934. The van der Waals surface area contributed by atoms with Gasteiger partial charge in [0.2, 0.25) is 0 Å². The molecule has 0 spiro atoms. The van der Waals surface area contributed by atoms with Crippen molar-refractivity contribution >= 4 is 22.7 Å². The molecular formula is C28H40F3N5O10S. The van der Waals surface area contributed by atoms with Gasteiger partial charge in [-0.1, -0.05) is 17.8 Å². The summed E-state index contributed by atoms with van der Waals surface area (Å²) in [6.07, 6.45) is -17.3. The molecular weight excluding hydrogens is 655 g/mol. The van der Waals surface area contributed by atoms with E-state index >= 15 is 0 Å². The van der Waals surface area contributed by atoms with Crippen LogP contribution in [-0.2, 0) is 29.9 Å². The Hall–Kier alpha value is -1.79. The van der Waals surface area contributed by atoms with Crippen LogP contribution in [0.1, 0.15) is 12.0 Å². The third-order valence-corrected chi connectivity index (χ3v) is 9.53. The first kappa shape index (κ1) is 36.5. The van der Waals surface area contributed by atoms with E-state index in [0.717, 1.165) is 23.9 Å². The molecule has 1 aromatic heterocycles. The minimum atomic E-state index is -4.52. The molecule has 3 heterocycles. The number of ether oxygens (including phenoxy) is 5. The number of thioether (sulfide) groups is 1. The zero-order valence-corrected chi connectivity index (χ0v) is 25.7. The standard InChI is InChI=1S/C28H40F3N5O10S/c29-28(30,31)10-1-2-11-14(5-10)36-4-3-17(11)47-9-42-23-13(34)6-12(33)19(38)25(23)46-27-22(41)24(16(8-37)44-27)45-26-18(35)21(40)20(39)15(7-32)43-26/h1-5,12-13,15-16,18-27,37-41H,6-9,32-35H2/t12-,13+,15+,16-,18-,19+,20-,21-,22-,23-,24-,25-,26-,27+/m1/s1. The third-order valence-electron chi connectivity index (χ3n) is 8.60. The molecule has 1 saturated carbocycles. The predicted molar refractivity (Wildman–Crippen MR) is 158 cm³/mol. The fourth-order valence-corrected chi connectivity index (χ4v) is 6.80. The van der Waals surface area contributed by atoms with Crippen molar-refractivity contribution in [1.29, 1.82) is 0 Å². The molecule has 0 radical (unpaired) electrons. The van der Waals surface area contributed by atoms with Crippen molar-refractivity contribution in [2.75, 3.05) is 19.1 Å². The number of nitrogens with two attached hydrogens (primary N) is 4. The highest BCUT2D eigenvalue weighted by atomic mass is 32.2. The number of aromatic nitrogens is 1. The van der Waals surface area contributed by atoms with Crippen LogP contribution in [0.25, 0.3) is 10.9 Å². The van der Waals surface area contributed by atoms with Gasteiger partial charge in [0.05, 0.1) is 35.8 Å². The lowest BCUT2D eigenvalue weighted by Gasteiger charge is -2.43. The summed E-state index contributed by atoms with van der Waals surface area (Å²) in [5.41, 5.74) is 23.4. The van der Waals surface area contributed by atoms with Crippen molar-refractivity contribution in [2.24, 2.45) is 22.9 Å². The molecule has 1 aliphatic carbocycles. The lowest BCUT2D eigenvalue weighted by atomic mass is 9.84. The maximum absolute atomic E-state index is 13.2. The molecule has 47 heavy (non-hydrogen) atoms. The number of fused-ring (bicyclic) bond motifs is 1. The molecule has 0 bridgehead atoms. The van der Waals surface area contributed by atoms with Gasteiger partial charge in [-0.25, -0.2) is 0 Å². The van der Waals surface area contributed by atoms with E-state index in [-0.39, 0.29) is 24.4 Å². The molecule has 0 amide bonds. The highest BCUT2D eigenvalue weighted by Crippen LogP contribution is 2.36. The van der Waals surface area contributed by atoms with Crippen LogP contribution >= 0.6 is 11.8 Å². The molecule has 2 aromatic rings. The second-order valence-electron chi connectivity index (χ2n) is 11.7. The number of hydrogen-bond donors (Lipinski definition) is 9. The number of rotatable bonds is 10. The topological polar surface area (TPSA) is 264 Å². The molecule has 264 valence electrons. The molecule has 0 unspecified atom stereocenters. The van der Waals surface area contributed by atoms with Gasteiger partial charge >= 0.3 is 6.18 Å². The van der Waals surface area contributed by atoms with Crippen molar-refractivity contribution in [3.05, 3.63) is 36.0 Å². The maximum Gasteiger partial charge on any atom is 0.416 e. The first-order valence-electron chi connectivity index (χ1n) is 14.9. The number of aliphatic hydroxyl groups excluding tert-OH is 5. The first-order valence-corrected chi connectivity index (χ1v) is 15.9. The fraction of sp³-hybridized carbons (Fsp3) is 0.679. The Labute approximate surface area is 271 Å². The van der Waals surface area contributed by atoms with Crippen LogP contribution in [0.2, 0.25) is 0 Å². The molecule has 14 atom stereocenters. The molecule has 2 saturated heterocycles. The van der Waals surface area contributed by atoms with Gasteiger partial charge in [0.1, 0.15) is 48.8 Å². The summed E-state index contributed by atoms with van der Waals surface area (Å²) in [7, 11) is 0. The van der Waals surface area contributed by atoms with Crippen molar-refractivity contribution in [3.8, 4) is 0 Å². The molecule has 13 N–H and O–H groups in total. The summed E-state index contributed by atoms with van der Waals surface area (Å²) in [5, 5.41) is 53.1. The fourth-order valence-electron chi connectivity index (χ4n) is 5.96. The van der Waals surface area contributed by atoms with E-state index < -0.39 is 104 Å². The summed E-state index contributed by atoms with van der Waals surface area (Å²) in [5.74, 6) is -0.0627. The highest BCUT2D eigenvalue weighted by Gasteiger charge is 2.53. The van der Waals surface area contributed by atoms with Gasteiger partial charge in [-0.2, -0.15) is 13.2 Å². The van der Waals surface area contributed by atoms with Gasteiger partial charge < -0.3 is 72.2 Å². The number of aliphatic hydroxyl groups is 5. The van der Waals surface area contributed by atoms with Crippen molar-refractivity contribution in [2.45, 2.75) is 103 Å². The Morgan fingerprint density at radius 3 is 2.26 bits per heavy atom. The lowest BCUT2D eigenvalue weighted by Crippen LogP contribution is -2.64. The van der Waals surface area contributed by atoms with Crippen molar-refractivity contribution < 1.29 is 62.4 Å². The smallest absolute Gasteiger partial charge is 0.394 e. The van der Waals surface area contributed by atoms with E-state index in [2.05, 4.69) is 4.98 Å². The lowest BCUT2D eigenvalue weighted by molar-refractivity contribution is -0.280.